The summed E-state index contributed by atoms with van der Waals surface area (Å²) in [5, 5.41) is 3.19. The van der Waals surface area contributed by atoms with Crippen LogP contribution in [0, 0.1) is 17.7 Å². The number of ether oxygens (including phenoxy) is 1. The van der Waals surface area contributed by atoms with E-state index in [2.05, 4.69) is 19.2 Å². The zero-order valence-electron chi connectivity index (χ0n) is 10.7. The molecule has 3 nitrogen and oxygen atoms in total. The number of nitrogens with one attached hydrogen (secondary N) is 1. The van der Waals surface area contributed by atoms with Crippen molar-refractivity contribution in [1.29, 1.82) is 0 Å². The van der Waals surface area contributed by atoms with Gasteiger partial charge in [-0.25, -0.2) is 4.39 Å². The van der Waals surface area contributed by atoms with Gasteiger partial charge in [-0.1, -0.05) is 13.8 Å². The number of hydrogen-bond acceptors (Lipinski definition) is 3. The van der Waals surface area contributed by atoms with E-state index in [0.29, 0.717) is 36.4 Å². The molecule has 0 amide bonds. The van der Waals surface area contributed by atoms with Gasteiger partial charge in [0.25, 0.3) is 0 Å². The van der Waals surface area contributed by atoms with Crippen LogP contribution < -0.4 is 15.8 Å². The lowest BCUT2D eigenvalue weighted by Gasteiger charge is -2.20. The SMILES string of the molecule is COc1ccc(F)cc1NCC(CN)C(C)C. The Labute approximate surface area is 102 Å². The fourth-order valence-electron chi connectivity index (χ4n) is 1.65. The number of hydrogen-bond donors (Lipinski definition) is 2. The van der Waals surface area contributed by atoms with Crippen molar-refractivity contribution in [1.82, 2.24) is 0 Å². The molecule has 96 valence electrons. The Balaban J connectivity index is 2.70. The maximum absolute atomic E-state index is 13.1. The van der Waals surface area contributed by atoms with E-state index in [0.717, 1.165) is 0 Å². The average Bonchev–Trinajstić information content (AvgIpc) is 2.29. The van der Waals surface area contributed by atoms with Crippen LogP contribution in [0.5, 0.6) is 5.75 Å². The summed E-state index contributed by atoms with van der Waals surface area (Å²) in [6.45, 7) is 5.58. The molecule has 3 N–H and O–H groups in total. The summed E-state index contributed by atoms with van der Waals surface area (Å²) in [5.41, 5.74) is 6.37. The molecule has 0 aliphatic carbocycles. The molecule has 17 heavy (non-hydrogen) atoms. The van der Waals surface area contributed by atoms with Crippen LogP contribution in [-0.4, -0.2) is 20.2 Å². The van der Waals surface area contributed by atoms with Crippen molar-refractivity contribution >= 4 is 5.69 Å². The van der Waals surface area contributed by atoms with E-state index in [4.69, 9.17) is 10.5 Å². The second kappa shape index (κ2) is 6.45. The van der Waals surface area contributed by atoms with Gasteiger partial charge in [0.2, 0.25) is 0 Å². The fourth-order valence-corrected chi connectivity index (χ4v) is 1.65. The van der Waals surface area contributed by atoms with Gasteiger partial charge in [-0.2, -0.15) is 0 Å². The lowest BCUT2D eigenvalue weighted by atomic mass is 9.96. The highest BCUT2D eigenvalue weighted by atomic mass is 19.1. The highest BCUT2D eigenvalue weighted by molar-refractivity contribution is 5.56. The molecule has 0 saturated heterocycles. The second-order valence-corrected chi connectivity index (χ2v) is 4.47. The summed E-state index contributed by atoms with van der Waals surface area (Å²) >= 11 is 0. The summed E-state index contributed by atoms with van der Waals surface area (Å²) in [5.74, 6) is 1.23. The van der Waals surface area contributed by atoms with E-state index in [-0.39, 0.29) is 5.82 Å². The van der Waals surface area contributed by atoms with Gasteiger partial charge < -0.3 is 15.8 Å². The van der Waals surface area contributed by atoms with E-state index < -0.39 is 0 Å². The lowest BCUT2D eigenvalue weighted by Crippen LogP contribution is -2.27. The van der Waals surface area contributed by atoms with Gasteiger partial charge in [-0.05, 0) is 30.5 Å². The first-order chi connectivity index (χ1) is 8.08. The number of rotatable bonds is 6. The van der Waals surface area contributed by atoms with Crippen LogP contribution in [0.15, 0.2) is 18.2 Å². The van der Waals surface area contributed by atoms with Gasteiger partial charge in [0.1, 0.15) is 11.6 Å². The molecular formula is C13H21FN2O. The van der Waals surface area contributed by atoms with Crippen molar-refractivity contribution in [3.63, 3.8) is 0 Å². The molecule has 1 rings (SSSR count). The Morgan fingerprint density at radius 2 is 2.12 bits per heavy atom. The molecule has 0 heterocycles. The zero-order chi connectivity index (χ0) is 12.8. The van der Waals surface area contributed by atoms with Crippen LogP contribution in [-0.2, 0) is 0 Å². The molecule has 0 aliphatic heterocycles. The van der Waals surface area contributed by atoms with Crippen molar-refractivity contribution in [2.75, 3.05) is 25.5 Å². The maximum atomic E-state index is 13.1. The first kappa shape index (κ1) is 13.8. The monoisotopic (exact) mass is 240 g/mol. The highest BCUT2D eigenvalue weighted by Gasteiger charge is 2.12. The number of anilines is 1. The third kappa shape index (κ3) is 3.89. The molecule has 0 spiro atoms. The van der Waals surface area contributed by atoms with Crippen LogP contribution in [0.25, 0.3) is 0 Å². The smallest absolute Gasteiger partial charge is 0.142 e. The number of halogens is 1. The zero-order valence-corrected chi connectivity index (χ0v) is 10.7. The third-order valence-corrected chi connectivity index (χ3v) is 2.96. The van der Waals surface area contributed by atoms with Crippen LogP contribution in [0.1, 0.15) is 13.8 Å². The molecule has 0 radical (unpaired) electrons. The van der Waals surface area contributed by atoms with E-state index in [1.165, 1.54) is 12.1 Å². The standard InChI is InChI=1S/C13H21FN2O/c1-9(2)10(7-15)8-16-12-6-11(14)4-5-13(12)17-3/h4-6,9-10,16H,7-8,15H2,1-3H3. The molecule has 0 aliphatic rings. The normalized spacial score (nSPS) is 12.6. The molecule has 0 aromatic heterocycles. The van der Waals surface area contributed by atoms with Crippen LogP contribution in [0.4, 0.5) is 10.1 Å². The fraction of sp³-hybridized carbons (Fsp3) is 0.538. The molecular weight excluding hydrogens is 219 g/mol. The van der Waals surface area contributed by atoms with Gasteiger partial charge in [0, 0.05) is 12.6 Å². The van der Waals surface area contributed by atoms with Crippen LogP contribution in [0.3, 0.4) is 0 Å². The Morgan fingerprint density at radius 1 is 1.41 bits per heavy atom. The maximum Gasteiger partial charge on any atom is 0.142 e. The predicted octanol–water partition coefficient (Wildman–Crippen LogP) is 2.48. The summed E-state index contributed by atoms with van der Waals surface area (Å²) in [6.07, 6.45) is 0. The van der Waals surface area contributed by atoms with Crippen LogP contribution in [0.2, 0.25) is 0 Å². The quantitative estimate of drug-likeness (QED) is 0.803. The first-order valence-electron chi connectivity index (χ1n) is 5.86. The van der Waals surface area contributed by atoms with E-state index in [1.807, 2.05) is 0 Å². The Morgan fingerprint density at radius 3 is 2.65 bits per heavy atom. The van der Waals surface area contributed by atoms with Crippen molar-refractivity contribution in [2.45, 2.75) is 13.8 Å². The van der Waals surface area contributed by atoms with Crippen molar-refractivity contribution < 1.29 is 9.13 Å². The summed E-state index contributed by atoms with van der Waals surface area (Å²) < 4.78 is 18.3. The van der Waals surface area contributed by atoms with Crippen molar-refractivity contribution in [3.8, 4) is 5.75 Å². The number of benzene rings is 1. The second-order valence-electron chi connectivity index (χ2n) is 4.47. The van der Waals surface area contributed by atoms with Crippen molar-refractivity contribution in [2.24, 2.45) is 17.6 Å². The molecule has 1 aromatic carbocycles. The third-order valence-electron chi connectivity index (χ3n) is 2.96. The minimum atomic E-state index is -0.276. The summed E-state index contributed by atoms with van der Waals surface area (Å²) in [7, 11) is 1.57. The largest absolute Gasteiger partial charge is 0.495 e. The van der Waals surface area contributed by atoms with E-state index >= 15 is 0 Å². The number of methoxy groups -OCH3 is 1. The first-order valence-corrected chi connectivity index (χ1v) is 5.86. The molecule has 1 aromatic rings. The highest BCUT2D eigenvalue weighted by Crippen LogP contribution is 2.25. The molecule has 0 saturated carbocycles. The Kier molecular flexibility index (Phi) is 5.22. The van der Waals surface area contributed by atoms with Gasteiger partial charge in [0.05, 0.1) is 12.8 Å². The minimum absolute atomic E-state index is 0.276. The average molecular weight is 240 g/mol. The Bertz CT molecular complexity index is 355. The van der Waals surface area contributed by atoms with E-state index in [1.54, 1.807) is 13.2 Å². The van der Waals surface area contributed by atoms with Gasteiger partial charge in [-0.3, -0.25) is 0 Å². The molecule has 1 unspecified atom stereocenters. The van der Waals surface area contributed by atoms with E-state index in [9.17, 15) is 4.39 Å². The molecule has 1 atom stereocenters. The van der Waals surface area contributed by atoms with Crippen LogP contribution >= 0.6 is 0 Å². The summed E-state index contributed by atoms with van der Waals surface area (Å²) in [6, 6.07) is 4.43. The van der Waals surface area contributed by atoms with Gasteiger partial charge >= 0.3 is 0 Å². The minimum Gasteiger partial charge on any atom is -0.495 e. The Hall–Kier alpha value is -1.29. The van der Waals surface area contributed by atoms with Crippen molar-refractivity contribution in [3.05, 3.63) is 24.0 Å². The van der Waals surface area contributed by atoms with Gasteiger partial charge in [0.15, 0.2) is 0 Å². The summed E-state index contributed by atoms with van der Waals surface area (Å²) in [4.78, 5) is 0. The molecule has 0 fully saturated rings. The number of nitrogens with two attached hydrogens (primary N) is 1. The molecule has 0 bridgehead atoms. The predicted molar refractivity (Wildman–Crippen MR) is 68.8 cm³/mol. The topological polar surface area (TPSA) is 47.3 Å². The molecule has 4 heteroatoms. The lowest BCUT2D eigenvalue weighted by molar-refractivity contribution is 0.405. The van der Waals surface area contributed by atoms with Gasteiger partial charge in [-0.15, -0.1) is 0 Å².